The van der Waals surface area contributed by atoms with Gasteiger partial charge >= 0.3 is 0 Å². The van der Waals surface area contributed by atoms with E-state index in [2.05, 4.69) is 34.2 Å². The molecule has 196 valence electrons. The summed E-state index contributed by atoms with van der Waals surface area (Å²) in [5.41, 5.74) is 7.77. The van der Waals surface area contributed by atoms with Crippen LogP contribution in [0.15, 0.2) is 94.9 Å². The molecule has 1 N–H and O–H groups in total. The summed E-state index contributed by atoms with van der Waals surface area (Å²) in [5.74, 6) is -0.272. The summed E-state index contributed by atoms with van der Waals surface area (Å²) in [4.78, 5) is 13.0. The number of hydrogen-bond acceptors (Lipinski definition) is 5. The van der Waals surface area contributed by atoms with Gasteiger partial charge in [0.25, 0.3) is 15.9 Å². The van der Waals surface area contributed by atoms with Gasteiger partial charge < -0.3 is 9.30 Å². The number of nitrogens with one attached hydrogen (secondary N) is 1. The van der Waals surface area contributed by atoms with Crippen molar-refractivity contribution in [3.05, 3.63) is 107 Å². The van der Waals surface area contributed by atoms with Gasteiger partial charge in [0.15, 0.2) is 0 Å². The summed E-state index contributed by atoms with van der Waals surface area (Å²) >= 11 is 0. The zero-order valence-corrected chi connectivity index (χ0v) is 22.6. The molecule has 0 fully saturated rings. The second-order valence-corrected chi connectivity index (χ2v) is 10.6. The van der Waals surface area contributed by atoms with Gasteiger partial charge in [0.1, 0.15) is 12.3 Å². The quantitative estimate of drug-likeness (QED) is 0.250. The molecule has 0 atom stereocenters. The maximum Gasteiger partial charge on any atom is 0.264 e. The molecule has 4 aromatic rings. The highest BCUT2D eigenvalue weighted by molar-refractivity contribution is 7.92. The SMILES string of the molecule is COc1ccccc1N(CC(=O)N/N=C/c1cc(C)n(-c2ccccc2C)c1C)S(=O)(=O)c1ccccc1. The number of ether oxygens (including phenoxy) is 1. The lowest BCUT2D eigenvalue weighted by Crippen LogP contribution is -2.39. The lowest BCUT2D eigenvalue weighted by Gasteiger charge is -2.25. The molecule has 1 aromatic heterocycles. The number of hydrazone groups is 1. The molecule has 0 saturated heterocycles. The van der Waals surface area contributed by atoms with E-state index >= 15 is 0 Å². The predicted molar refractivity (Wildman–Crippen MR) is 150 cm³/mol. The number of hydrogen-bond donors (Lipinski definition) is 1. The average Bonchev–Trinajstić information content (AvgIpc) is 3.20. The minimum Gasteiger partial charge on any atom is -0.495 e. The first-order valence-corrected chi connectivity index (χ1v) is 13.5. The number of anilines is 1. The van der Waals surface area contributed by atoms with Crippen LogP contribution in [0.2, 0.25) is 0 Å². The Bertz CT molecular complexity index is 1580. The normalized spacial score (nSPS) is 11.5. The summed E-state index contributed by atoms with van der Waals surface area (Å²) < 4.78 is 35.6. The summed E-state index contributed by atoms with van der Waals surface area (Å²) in [7, 11) is -2.62. The fraction of sp³-hybridized carbons (Fsp3) is 0.172. The van der Waals surface area contributed by atoms with Crippen molar-refractivity contribution in [1.29, 1.82) is 0 Å². The lowest BCUT2D eigenvalue weighted by molar-refractivity contribution is -0.119. The number of aromatic nitrogens is 1. The molecule has 0 aliphatic heterocycles. The van der Waals surface area contributed by atoms with E-state index in [1.165, 1.54) is 19.2 Å². The highest BCUT2D eigenvalue weighted by Crippen LogP contribution is 2.32. The average molecular weight is 531 g/mol. The molecule has 1 heterocycles. The Morgan fingerprint density at radius 2 is 1.63 bits per heavy atom. The number of carbonyl (C=O) groups is 1. The highest BCUT2D eigenvalue weighted by Gasteiger charge is 2.29. The Kier molecular flexibility index (Phi) is 7.97. The van der Waals surface area contributed by atoms with E-state index in [1.54, 1.807) is 48.7 Å². The minimum atomic E-state index is -4.07. The Balaban J connectivity index is 1.58. The van der Waals surface area contributed by atoms with Crippen LogP contribution in [-0.2, 0) is 14.8 Å². The number of benzene rings is 3. The molecule has 0 spiro atoms. The summed E-state index contributed by atoms with van der Waals surface area (Å²) in [6.45, 7) is 5.56. The first-order chi connectivity index (χ1) is 18.2. The standard InChI is InChI=1S/C29H30N4O4S/c1-21-12-8-9-15-26(21)33-22(2)18-24(23(33)3)19-30-31-29(34)20-32(27-16-10-11-17-28(27)37-4)38(35,36)25-13-6-5-7-14-25/h5-19H,20H2,1-4H3,(H,31,34)/b30-19+. The number of amides is 1. The molecule has 0 bridgehead atoms. The van der Waals surface area contributed by atoms with Crippen molar-refractivity contribution in [2.45, 2.75) is 25.7 Å². The first kappa shape index (κ1) is 26.7. The van der Waals surface area contributed by atoms with E-state index in [4.69, 9.17) is 4.74 Å². The summed E-state index contributed by atoms with van der Waals surface area (Å²) in [6, 6.07) is 24.7. The number of aryl methyl sites for hydroxylation is 2. The molecular formula is C29H30N4O4S. The molecule has 4 rings (SSSR count). The zero-order chi connectivity index (χ0) is 27.3. The van der Waals surface area contributed by atoms with Gasteiger partial charge in [-0.3, -0.25) is 9.10 Å². The predicted octanol–water partition coefficient (Wildman–Crippen LogP) is 4.76. The van der Waals surface area contributed by atoms with Crippen LogP contribution in [0.3, 0.4) is 0 Å². The Hall–Kier alpha value is -4.37. The number of carbonyl (C=O) groups excluding carboxylic acids is 1. The molecule has 0 saturated carbocycles. The highest BCUT2D eigenvalue weighted by atomic mass is 32.2. The van der Waals surface area contributed by atoms with Gasteiger partial charge in [-0.1, -0.05) is 48.5 Å². The molecule has 0 unspecified atom stereocenters. The Morgan fingerprint density at radius 3 is 2.34 bits per heavy atom. The van der Waals surface area contributed by atoms with Crippen molar-refractivity contribution in [1.82, 2.24) is 9.99 Å². The first-order valence-electron chi connectivity index (χ1n) is 12.0. The number of rotatable bonds is 9. The molecular weight excluding hydrogens is 500 g/mol. The van der Waals surface area contributed by atoms with Crippen LogP contribution < -0.4 is 14.5 Å². The lowest BCUT2D eigenvalue weighted by atomic mass is 10.2. The number of sulfonamides is 1. The third-order valence-corrected chi connectivity index (χ3v) is 7.97. The second-order valence-electron chi connectivity index (χ2n) is 8.74. The van der Waals surface area contributed by atoms with Crippen LogP contribution in [0.4, 0.5) is 5.69 Å². The van der Waals surface area contributed by atoms with Crippen LogP contribution in [0.5, 0.6) is 5.75 Å². The van der Waals surface area contributed by atoms with Crippen LogP contribution in [0, 0.1) is 20.8 Å². The van der Waals surface area contributed by atoms with Crippen LogP contribution >= 0.6 is 0 Å². The van der Waals surface area contributed by atoms with Gasteiger partial charge in [-0.2, -0.15) is 5.10 Å². The monoisotopic (exact) mass is 530 g/mol. The van der Waals surface area contributed by atoms with Crippen LogP contribution in [0.1, 0.15) is 22.5 Å². The number of para-hydroxylation sites is 3. The third-order valence-electron chi connectivity index (χ3n) is 6.19. The molecule has 0 radical (unpaired) electrons. The molecule has 8 nitrogen and oxygen atoms in total. The molecule has 0 aliphatic carbocycles. The van der Waals surface area contributed by atoms with Crippen LogP contribution in [0.25, 0.3) is 5.69 Å². The van der Waals surface area contributed by atoms with Gasteiger partial charge in [0.05, 0.1) is 23.9 Å². The van der Waals surface area contributed by atoms with Gasteiger partial charge in [0.2, 0.25) is 0 Å². The second kappa shape index (κ2) is 11.4. The Morgan fingerprint density at radius 1 is 0.974 bits per heavy atom. The van der Waals surface area contributed by atoms with Crippen molar-refractivity contribution in [3.63, 3.8) is 0 Å². The molecule has 3 aromatic carbocycles. The topological polar surface area (TPSA) is 93.0 Å². The summed E-state index contributed by atoms with van der Waals surface area (Å²) in [6.07, 6.45) is 1.56. The fourth-order valence-corrected chi connectivity index (χ4v) is 5.75. The van der Waals surface area contributed by atoms with E-state index in [9.17, 15) is 13.2 Å². The van der Waals surface area contributed by atoms with Gasteiger partial charge in [-0.25, -0.2) is 13.8 Å². The smallest absolute Gasteiger partial charge is 0.264 e. The molecule has 0 aliphatic rings. The van der Waals surface area contributed by atoms with Gasteiger partial charge in [0, 0.05) is 22.6 Å². The van der Waals surface area contributed by atoms with Crippen molar-refractivity contribution >= 4 is 27.8 Å². The third kappa shape index (κ3) is 5.47. The maximum absolute atomic E-state index is 13.5. The minimum absolute atomic E-state index is 0.0610. The fourth-order valence-electron chi connectivity index (χ4n) is 4.30. The van der Waals surface area contributed by atoms with Crippen molar-refractivity contribution in [2.24, 2.45) is 5.10 Å². The van der Waals surface area contributed by atoms with Crippen molar-refractivity contribution in [3.8, 4) is 11.4 Å². The van der Waals surface area contributed by atoms with Crippen molar-refractivity contribution in [2.75, 3.05) is 18.0 Å². The zero-order valence-electron chi connectivity index (χ0n) is 21.8. The molecule has 1 amide bonds. The Labute approximate surface area is 223 Å². The van der Waals surface area contributed by atoms with E-state index < -0.39 is 22.5 Å². The molecule has 38 heavy (non-hydrogen) atoms. The van der Waals surface area contributed by atoms with Crippen molar-refractivity contribution < 1.29 is 17.9 Å². The largest absolute Gasteiger partial charge is 0.495 e. The van der Waals surface area contributed by atoms with Gasteiger partial charge in [-0.05, 0) is 62.7 Å². The maximum atomic E-state index is 13.5. The van der Waals surface area contributed by atoms with E-state index in [1.807, 2.05) is 32.0 Å². The van der Waals surface area contributed by atoms with E-state index in [0.29, 0.717) is 5.75 Å². The summed E-state index contributed by atoms with van der Waals surface area (Å²) in [5, 5.41) is 4.13. The number of nitrogens with zero attached hydrogens (tertiary/aromatic N) is 3. The van der Waals surface area contributed by atoms with E-state index in [0.717, 1.165) is 32.5 Å². The van der Waals surface area contributed by atoms with E-state index in [-0.39, 0.29) is 10.6 Å². The number of methoxy groups -OCH3 is 1. The van der Waals surface area contributed by atoms with Crippen LogP contribution in [-0.4, -0.2) is 38.8 Å². The van der Waals surface area contributed by atoms with Gasteiger partial charge in [-0.15, -0.1) is 0 Å². The molecule has 9 heteroatoms.